The van der Waals surface area contributed by atoms with E-state index in [1.807, 2.05) is 0 Å². The van der Waals surface area contributed by atoms with E-state index in [0.717, 1.165) is 6.07 Å². The highest BCUT2D eigenvalue weighted by Crippen LogP contribution is 2.10. The number of halogens is 2. The Morgan fingerprint density at radius 2 is 2.33 bits per heavy atom. The molecule has 0 aromatic heterocycles. The first-order chi connectivity index (χ1) is 7.19. The third-order valence-corrected chi connectivity index (χ3v) is 1.81. The molecule has 1 rings (SSSR count). The minimum absolute atomic E-state index is 0.137. The second-order valence-corrected chi connectivity index (χ2v) is 2.89. The van der Waals surface area contributed by atoms with E-state index in [9.17, 15) is 9.18 Å². The van der Waals surface area contributed by atoms with Gasteiger partial charge < -0.3 is 4.74 Å². The molecule has 0 fully saturated rings. The fourth-order valence-corrected chi connectivity index (χ4v) is 1.06. The normalized spacial score (nSPS) is 9.00. The van der Waals surface area contributed by atoms with Crippen LogP contribution in [-0.4, -0.2) is 19.0 Å². The third-order valence-electron chi connectivity index (χ3n) is 1.68. The van der Waals surface area contributed by atoms with Crippen molar-refractivity contribution in [3.63, 3.8) is 0 Å². The van der Waals surface area contributed by atoms with E-state index >= 15 is 0 Å². The van der Waals surface area contributed by atoms with Gasteiger partial charge in [0.25, 0.3) is 0 Å². The van der Waals surface area contributed by atoms with Crippen molar-refractivity contribution in [1.29, 1.82) is 0 Å². The third kappa shape index (κ3) is 2.97. The Morgan fingerprint density at radius 3 is 2.87 bits per heavy atom. The fourth-order valence-electron chi connectivity index (χ4n) is 0.990. The number of esters is 1. The highest BCUT2D eigenvalue weighted by molar-refractivity contribution is 6.19. The summed E-state index contributed by atoms with van der Waals surface area (Å²) in [7, 11) is 1.24. The summed E-state index contributed by atoms with van der Waals surface area (Å²) in [5.41, 5.74) is 0.370. The predicted molar refractivity (Wildman–Crippen MR) is 55.3 cm³/mol. The first-order valence-electron chi connectivity index (χ1n) is 4.11. The molecule has 78 valence electrons. The van der Waals surface area contributed by atoms with Gasteiger partial charge in [0.15, 0.2) is 0 Å². The van der Waals surface area contributed by atoms with Gasteiger partial charge in [0.05, 0.1) is 24.1 Å². The summed E-state index contributed by atoms with van der Waals surface area (Å²) in [5.74, 6) is 4.06. The van der Waals surface area contributed by atoms with Crippen LogP contribution in [0.25, 0.3) is 0 Å². The summed E-state index contributed by atoms with van der Waals surface area (Å²) in [6.07, 6.45) is 0. The number of carbonyl (C=O) groups excluding carboxylic acids is 1. The molecule has 15 heavy (non-hydrogen) atoms. The van der Waals surface area contributed by atoms with Gasteiger partial charge in [-0.1, -0.05) is 11.8 Å². The molecule has 0 bridgehead atoms. The topological polar surface area (TPSA) is 26.3 Å². The summed E-state index contributed by atoms with van der Waals surface area (Å²) >= 11 is 5.34. The van der Waals surface area contributed by atoms with E-state index in [0.29, 0.717) is 0 Å². The molecule has 0 amide bonds. The number of carbonyl (C=O) groups is 1. The molecule has 0 unspecified atom stereocenters. The molecule has 0 saturated carbocycles. The predicted octanol–water partition coefficient (Wildman–Crippen LogP) is 2.20. The largest absolute Gasteiger partial charge is 0.465 e. The molecule has 0 radical (unpaired) electrons. The van der Waals surface area contributed by atoms with Crippen LogP contribution < -0.4 is 0 Å². The van der Waals surface area contributed by atoms with Crippen molar-refractivity contribution < 1.29 is 13.9 Å². The number of ether oxygens (including phenoxy) is 1. The molecular weight excluding hydrogens is 219 g/mol. The first kappa shape index (κ1) is 11.5. The van der Waals surface area contributed by atoms with Gasteiger partial charge in [-0.15, -0.1) is 11.6 Å². The van der Waals surface area contributed by atoms with Crippen molar-refractivity contribution in [2.24, 2.45) is 0 Å². The van der Waals surface area contributed by atoms with Gasteiger partial charge in [0.1, 0.15) is 5.82 Å². The van der Waals surface area contributed by atoms with Crippen molar-refractivity contribution in [3.05, 3.63) is 35.1 Å². The maximum absolute atomic E-state index is 13.3. The van der Waals surface area contributed by atoms with Crippen molar-refractivity contribution in [1.82, 2.24) is 0 Å². The molecule has 0 aliphatic heterocycles. The van der Waals surface area contributed by atoms with Crippen molar-refractivity contribution in [2.75, 3.05) is 13.0 Å². The van der Waals surface area contributed by atoms with Gasteiger partial charge in [-0.2, -0.15) is 0 Å². The Hall–Kier alpha value is -1.53. The molecule has 0 aliphatic carbocycles. The number of rotatable bonds is 1. The lowest BCUT2D eigenvalue weighted by atomic mass is 10.1. The molecule has 0 aliphatic rings. The van der Waals surface area contributed by atoms with E-state index in [2.05, 4.69) is 16.6 Å². The Kier molecular flexibility index (Phi) is 4.14. The summed E-state index contributed by atoms with van der Waals surface area (Å²) in [4.78, 5) is 11.0. The van der Waals surface area contributed by atoms with E-state index in [1.54, 1.807) is 0 Å². The molecular formula is C11H8ClFO2. The maximum Gasteiger partial charge on any atom is 0.337 e. The van der Waals surface area contributed by atoms with E-state index in [1.165, 1.54) is 19.2 Å². The quantitative estimate of drug-likeness (QED) is 0.417. The number of methoxy groups -OCH3 is 1. The second-order valence-electron chi connectivity index (χ2n) is 2.62. The van der Waals surface area contributed by atoms with Crippen LogP contribution in [0.2, 0.25) is 0 Å². The van der Waals surface area contributed by atoms with Gasteiger partial charge in [0.2, 0.25) is 0 Å². The average molecular weight is 227 g/mol. The van der Waals surface area contributed by atoms with Crippen LogP contribution in [0, 0.1) is 17.7 Å². The SMILES string of the molecule is COC(=O)c1ccc(C#CCCl)c(F)c1. The van der Waals surface area contributed by atoms with Gasteiger partial charge in [-0.25, -0.2) is 9.18 Å². The molecule has 1 aromatic carbocycles. The molecule has 0 N–H and O–H groups in total. The minimum Gasteiger partial charge on any atom is -0.465 e. The van der Waals surface area contributed by atoms with Gasteiger partial charge in [-0.05, 0) is 18.2 Å². The van der Waals surface area contributed by atoms with Crippen LogP contribution in [0.4, 0.5) is 4.39 Å². The highest BCUT2D eigenvalue weighted by atomic mass is 35.5. The van der Waals surface area contributed by atoms with Crippen molar-refractivity contribution in [3.8, 4) is 11.8 Å². The van der Waals surface area contributed by atoms with E-state index in [4.69, 9.17) is 11.6 Å². The number of hydrogen-bond acceptors (Lipinski definition) is 2. The Labute approximate surface area is 92.0 Å². The lowest BCUT2D eigenvalue weighted by Crippen LogP contribution is -2.02. The van der Waals surface area contributed by atoms with Crippen LogP contribution in [0.15, 0.2) is 18.2 Å². The molecule has 2 nitrogen and oxygen atoms in total. The molecule has 0 heterocycles. The zero-order chi connectivity index (χ0) is 11.3. The highest BCUT2D eigenvalue weighted by Gasteiger charge is 2.08. The number of alkyl halides is 1. The minimum atomic E-state index is -0.578. The monoisotopic (exact) mass is 226 g/mol. The fraction of sp³-hybridized carbons (Fsp3) is 0.182. The van der Waals surface area contributed by atoms with Crippen LogP contribution in [0.1, 0.15) is 15.9 Å². The van der Waals surface area contributed by atoms with Crippen LogP contribution >= 0.6 is 11.6 Å². The summed E-state index contributed by atoms with van der Waals surface area (Å²) < 4.78 is 17.8. The summed E-state index contributed by atoms with van der Waals surface area (Å²) in [5, 5.41) is 0. The van der Waals surface area contributed by atoms with Gasteiger partial charge in [-0.3, -0.25) is 0 Å². The Bertz CT molecular complexity index is 432. The van der Waals surface area contributed by atoms with Gasteiger partial charge >= 0.3 is 5.97 Å². The molecule has 4 heteroatoms. The maximum atomic E-state index is 13.3. The second kappa shape index (κ2) is 5.38. The van der Waals surface area contributed by atoms with E-state index < -0.39 is 11.8 Å². The smallest absolute Gasteiger partial charge is 0.337 e. The van der Waals surface area contributed by atoms with Crippen LogP contribution in [0.5, 0.6) is 0 Å². The van der Waals surface area contributed by atoms with Crippen LogP contribution in [-0.2, 0) is 4.74 Å². The van der Waals surface area contributed by atoms with Crippen LogP contribution in [0.3, 0.4) is 0 Å². The number of hydrogen-bond donors (Lipinski definition) is 0. The summed E-state index contributed by atoms with van der Waals surface area (Å²) in [6.45, 7) is 0. The first-order valence-corrected chi connectivity index (χ1v) is 4.65. The summed E-state index contributed by atoms with van der Waals surface area (Å²) in [6, 6.07) is 3.96. The van der Waals surface area contributed by atoms with E-state index in [-0.39, 0.29) is 17.0 Å². The van der Waals surface area contributed by atoms with Crippen molar-refractivity contribution >= 4 is 17.6 Å². The molecule has 0 atom stereocenters. The Balaban J connectivity index is 3.03. The lowest BCUT2D eigenvalue weighted by Gasteiger charge is -2.00. The average Bonchev–Trinajstić information content (AvgIpc) is 2.26. The number of benzene rings is 1. The van der Waals surface area contributed by atoms with Gasteiger partial charge in [0, 0.05) is 0 Å². The molecule has 0 spiro atoms. The Morgan fingerprint density at radius 1 is 1.60 bits per heavy atom. The lowest BCUT2D eigenvalue weighted by molar-refractivity contribution is 0.0600. The molecule has 0 saturated heterocycles. The molecule has 1 aromatic rings. The standard InChI is InChI=1S/C11H8ClFO2/c1-15-11(14)9-5-4-8(3-2-6-12)10(13)7-9/h4-5,7H,6H2,1H3. The zero-order valence-corrected chi connectivity index (χ0v) is 8.77. The van der Waals surface area contributed by atoms with Crippen molar-refractivity contribution in [2.45, 2.75) is 0 Å². The zero-order valence-electron chi connectivity index (χ0n) is 8.01.